The highest BCUT2D eigenvalue weighted by molar-refractivity contribution is 7.99. The van der Waals surface area contributed by atoms with Crippen molar-refractivity contribution >= 4 is 17.9 Å². The van der Waals surface area contributed by atoms with Crippen molar-refractivity contribution in [3.05, 3.63) is 0 Å². The first-order valence-electron chi connectivity index (χ1n) is 9.60. The fourth-order valence-corrected chi connectivity index (χ4v) is 5.23. The lowest BCUT2D eigenvalue weighted by Gasteiger charge is -2.43. The van der Waals surface area contributed by atoms with E-state index < -0.39 is 5.60 Å². The van der Waals surface area contributed by atoms with Crippen molar-refractivity contribution in [2.45, 2.75) is 65.4 Å². The van der Waals surface area contributed by atoms with Gasteiger partial charge in [-0.2, -0.15) is 11.8 Å². The minimum atomic E-state index is -0.416. The van der Waals surface area contributed by atoms with E-state index >= 15 is 0 Å². The van der Waals surface area contributed by atoms with Gasteiger partial charge >= 0.3 is 6.09 Å². The Bertz CT molecular complexity index is 401. The predicted octanol–water partition coefficient (Wildman–Crippen LogP) is 4.15. The summed E-state index contributed by atoms with van der Waals surface area (Å²) in [5.41, 5.74) is -0.198. The number of amides is 1. The van der Waals surface area contributed by atoms with Crippen LogP contribution in [0.1, 0.15) is 59.8 Å². The molecule has 5 heteroatoms. The number of hydrogen-bond donors (Lipinski definition) is 1. The summed E-state index contributed by atoms with van der Waals surface area (Å²) in [6, 6.07) is 0. The molecule has 2 saturated heterocycles. The lowest BCUT2D eigenvalue weighted by atomic mass is 9.76. The lowest BCUT2D eigenvalue weighted by molar-refractivity contribution is 0.00231. The van der Waals surface area contributed by atoms with Crippen LogP contribution in [0.15, 0.2) is 0 Å². The zero-order valence-electron chi connectivity index (χ0n) is 16.0. The maximum Gasteiger partial charge on any atom is 0.410 e. The van der Waals surface area contributed by atoms with Crippen LogP contribution in [0.25, 0.3) is 0 Å². The van der Waals surface area contributed by atoms with Crippen LogP contribution in [0.3, 0.4) is 0 Å². The molecule has 0 radical (unpaired) electrons. The second-order valence-corrected chi connectivity index (χ2v) is 9.77. The van der Waals surface area contributed by atoms with Gasteiger partial charge in [-0.1, -0.05) is 13.3 Å². The van der Waals surface area contributed by atoms with Crippen LogP contribution in [0.2, 0.25) is 0 Å². The van der Waals surface area contributed by atoms with Crippen LogP contribution in [0.5, 0.6) is 0 Å². The number of hydrogen-bond acceptors (Lipinski definition) is 4. The van der Waals surface area contributed by atoms with E-state index in [1.54, 1.807) is 0 Å². The molecule has 4 nitrogen and oxygen atoms in total. The highest BCUT2D eigenvalue weighted by Crippen LogP contribution is 2.35. The Morgan fingerprint density at radius 2 is 2.21 bits per heavy atom. The fourth-order valence-electron chi connectivity index (χ4n) is 3.94. The molecule has 2 aliphatic heterocycles. The maximum atomic E-state index is 12.5. The fraction of sp³-hybridized carbons (Fsp3) is 0.947. The third-order valence-corrected chi connectivity index (χ3v) is 6.28. The number of carbonyl (C=O) groups is 1. The molecule has 0 aliphatic carbocycles. The Morgan fingerprint density at radius 3 is 2.83 bits per heavy atom. The van der Waals surface area contributed by atoms with Gasteiger partial charge in [-0.15, -0.1) is 0 Å². The summed E-state index contributed by atoms with van der Waals surface area (Å²) in [5.74, 6) is 3.45. The first-order valence-corrected chi connectivity index (χ1v) is 10.8. The number of piperidine rings is 1. The number of rotatable bonds is 6. The third-order valence-electron chi connectivity index (χ3n) is 5.05. The Hall–Kier alpha value is -0.420. The quantitative estimate of drug-likeness (QED) is 0.776. The number of nitrogens with one attached hydrogen (secondary N) is 1. The minimum Gasteiger partial charge on any atom is -0.444 e. The standard InChI is InChI=1S/C19H36N2O2S/c1-5-8-19(14-20-12-16-7-11-24-13-16)9-6-10-21(15-19)17(22)23-18(2,3)4/h16,20H,5-15H2,1-4H3. The normalized spacial score (nSPS) is 28.2. The monoisotopic (exact) mass is 356 g/mol. The topological polar surface area (TPSA) is 41.6 Å². The number of ether oxygens (including phenoxy) is 1. The zero-order chi connectivity index (χ0) is 17.6. The van der Waals surface area contributed by atoms with E-state index in [2.05, 4.69) is 24.0 Å². The number of thioether (sulfide) groups is 1. The van der Waals surface area contributed by atoms with Crippen molar-refractivity contribution in [3.63, 3.8) is 0 Å². The van der Waals surface area contributed by atoms with E-state index in [1.807, 2.05) is 25.7 Å². The van der Waals surface area contributed by atoms with E-state index in [1.165, 1.54) is 37.2 Å². The summed E-state index contributed by atoms with van der Waals surface area (Å²) in [6.07, 6.45) is 5.85. The Kier molecular flexibility index (Phi) is 7.29. The van der Waals surface area contributed by atoms with Crippen molar-refractivity contribution in [1.29, 1.82) is 0 Å². The Morgan fingerprint density at radius 1 is 1.42 bits per heavy atom. The molecule has 0 saturated carbocycles. The molecule has 1 amide bonds. The summed E-state index contributed by atoms with van der Waals surface area (Å²) >= 11 is 2.08. The molecule has 2 aliphatic rings. The van der Waals surface area contributed by atoms with Crippen LogP contribution in [-0.4, -0.2) is 54.3 Å². The van der Waals surface area contributed by atoms with Gasteiger partial charge < -0.3 is 15.0 Å². The molecule has 0 bridgehead atoms. The summed E-state index contributed by atoms with van der Waals surface area (Å²) in [6.45, 7) is 11.9. The molecule has 0 aromatic carbocycles. The van der Waals surface area contributed by atoms with E-state index in [0.29, 0.717) is 0 Å². The average Bonchev–Trinajstić information content (AvgIpc) is 2.99. The molecule has 2 rings (SSSR count). The first-order chi connectivity index (χ1) is 11.3. The summed E-state index contributed by atoms with van der Waals surface area (Å²) in [5, 5.41) is 3.74. The van der Waals surface area contributed by atoms with Gasteiger partial charge in [-0.25, -0.2) is 4.79 Å². The van der Waals surface area contributed by atoms with Gasteiger partial charge in [0.25, 0.3) is 0 Å². The van der Waals surface area contributed by atoms with Gasteiger partial charge in [0.1, 0.15) is 5.60 Å². The molecule has 0 aromatic rings. The van der Waals surface area contributed by atoms with Gasteiger partial charge in [0.15, 0.2) is 0 Å². The van der Waals surface area contributed by atoms with Crippen molar-refractivity contribution in [1.82, 2.24) is 10.2 Å². The molecule has 140 valence electrons. The third kappa shape index (κ3) is 6.14. The van der Waals surface area contributed by atoms with Crippen molar-refractivity contribution in [2.24, 2.45) is 11.3 Å². The molecule has 2 fully saturated rings. The molecule has 0 spiro atoms. The smallest absolute Gasteiger partial charge is 0.410 e. The number of carbonyl (C=O) groups excluding carboxylic acids is 1. The van der Waals surface area contributed by atoms with Crippen LogP contribution in [0.4, 0.5) is 4.79 Å². The lowest BCUT2D eigenvalue weighted by Crippen LogP contribution is -2.51. The van der Waals surface area contributed by atoms with Gasteiger partial charge in [-0.05, 0) is 70.4 Å². The molecule has 2 heterocycles. The van der Waals surface area contributed by atoms with Crippen LogP contribution < -0.4 is 5.32 Å². The van der Waals surface area contributed by atoms with Crippen LogP contribution in [-0.2, 0) is 4.74 Å². The molecule has 2 unspecified atom stereocenters. The summed E-state index contributed by atoms with van der Waals surface area (Å²) in [7, 11) is 0. The number of likely N-dealkylation sites (tertiary alicyclic amines) is 1. The zero-order valence-corrected chi connectivity index (χ0v) is 16.8. The van der Waals surface area contributed by atoms with Crippen LogP contribution in [0, 0.1) is 11.3 Å². The molecular weight excluding hydrogens is 320 g/mol. The second-order valence-electron chi connectivity index (χ2n) is 8.62. The van der Waals surface area contributed by atoms with Gasteiger partial charge in [0.05, 0.1) is 0 Å². The van der Waals surface area contributed by atoms with Gasteiger partial charge in [0.2, 0.25) is 0 Å². The van der Waals surface area contributed by atoms with Crippen LogP contribution >= 0.6 is 11.8 Å². The van der Waals surface area contributed by atoms with Crippen molar-refractivity contribution in [2.75, 3.05) is 37.7 Å². The highest BCUT2D eigenvalue weighted by Gasteiger charge is 2.37. The molecular formula is C19H36N2O2S. The summed E-state index contributed by atoms with van der Waals surface area (Å²) < 4.78 is 5.60. The minimum absolute atomic E-state index is 0.144. The van der Waals surface area contributed by atoms with E-state index in [4.69, 9.17) is 4.74 Å². The second kappa shape index (κ2) is 8.79. The first kappa shape index (κ1) is 19.9. The van der Waals surface area contributed by atoms with Gasteiger partial charge in [-0.3, -0.25) is 0 Å². The molecule has 0 aromatic heterocycles. The Balaban J connectivity index is 1.90. The Labute approximate surface area is 152 Å². The van der Waals surface area contributed by atoms with E-state index in [-0.39, 0.29) is 11.5 Å². The average molecular weight is 357 g/mol. The maximum absolute atomic E-state index is 12.5. The molecule has 2 atom stereocenters. The number of nitrogens with zero attached hydrogens (tertiary/aromatic N) is 1. The predicted molar refractivity (Wildman–Crippen MR) is 103 cm³/mol. The van der Waals surface area contributed by atoms with E-state index in [9.17, 15) is 4.79 Å². The van der Waals surface area contributed by atoms with Crippen molar-refractivity contribution < 1.29 is 9.53 Å². The SMILES string of the molecule is CCCC1(CNCC2CCSC2)CCCN(C(=O)OC(C)(C)C)C1. The molecule has 1 N–H and O–H groups in total. The summed E-state index contributed by atoms with van der Waals surface area (Å²) in [4.78, 5) is 14.4. The van der Waals surface area contributed by atoms with Crippen molar-refractivity contribution in [3.8, 4) is 0 Å². The van der Waals surface area contributed by atoms with Gasteiger partial charge in [0, 0.05) is 25.0 Å². The highest BCUT2D eigenvalue weighted by atomic mass is 32.2. The largest absolute Gasteiger partial charge is 0.444 e. The van der Waals surface area contributed by atoms with E-state index in [0.717, 1.165) is 38.5 Å². The molecule has 24 heavy (non-hydrogen) atoms.